The number of hydrogen-bond donors (Lipinski definition) is 2. The maximum Gasteiger partial charge on any atom is 0.269 e. The molecule has 0 radical (unpaired) electrons. The molecular formula is C20H20N4O3S. The first-order chi connectivity index (χ1) is 13.6. The van der Waals surface area contributed by atoms with E-state index >= 15 is 0 Å². The Bertz CT molecular complexity index is 992. The van der Waals surface area contributed by atoms with E-state index in [9.17, 15) is 9.59 Å². The Labute approximate surface area is 166 Å². The van der Waals surface area contributed by atoms with Gasteiger partial charge in [0.25, 0.3) is 5.91 Å². The van der Waals surface area contributed by atoms with Gasteiger partial charge >= 0.3 is 0 Å². The highest BCUT2D eigenvalue weighted by Gasteiger charge is 2.11. The highest BCUT2D eigenvalue weighted by molar-refractivity contribution is 8.00. The molecule has 1 heterocycles. The van der Waals surface area contributed by atoms with Crippen molar-refractivity contribution < 1.29 is 14.3 Å². The fraction of sp³-hybridized carbons (Fsp3) is 0.200. The van der Waals surface area contributed by atoms with Gasteiger partial charge < -0.3 is 4.74 Å². The first-order valence-electron chi connectivity index (χ1n) is 8.72. The molecule has 2 N–H and O–H groups in total. The van der Waals surface area contributed by atoms with E-state index in [1.165, 1.54) is 11.8 Å². The van der Waals surface area contributed by atoms with E-state index in [1.54, 1.807) is 31.4 Å². The number of carbonyl (C=O) groups excluding carboxylic acids is 2. The molecule has 0 fully saturated rings. The molecule has 7 nitrogen and oxygen atoms in total. The monoisotopic (exact) mass is 396 g/mol. The van der Waals surface area contributed by atoms with Gasteiger partial charge in [0.1, 0.15) is 16.6 Å². The Hall–Kier alpha value is -3.13. The van der Waals surface area contributed by atoms with Gasteiger partial charge in [0.2, 0.25) is 5.91 Å². The summed E-state index contributed by atoms with van der Waals surface area (Å²) in [6.45, 7) is 1.99. The minimum atomic E-state index is -0.401. The highest BCUT2D eigenvalue weighted by atomic mass is 32.2. The summed E-state index contributed by atoms with van der Waals surface area (Å²) in [5.74, 6) is 0.775. The topological polar surface area (TPSA) is 93.2 Å². The summed E-state index contributed by atoms with van der Waals surface area (Å²) in [6.07, 6.45) is 0.711. The summed E-state index contributed by atoms with van der Waals surface area (Å²) in [5, 5.41) is 1.65. The molecule has 0 atom stereocenters. The first kappa shape index (κ1) is 19.6. The first-order valence-corrected chi connectivity index (χ1v) is 9.71. The second kappa shape index (κ2) is 9.18. The van der Waals surface area contributed by atoms with Crippen LogP contribution in [-0.2, 0) is 11.2 Å². The molecule has 2 amide bonds. The quantitative estimate of drug-likeness (QED) is 0.378. The third-order valence-electron chi connectivity index (χ3n) is 3.94. The maximum atomic E-state index is 12.1. The number of hydrogen-bond acceptors (Lipinski definition) is 6. The van der Waals surface area contributed by atoms with Crippen molar-refractivity contribution in [2.24, 2.45) is 0 Å². The van der Waals surface area contributed by atoms with Crippen molar-refractivity contribution in [2.75, 3.05) is 12.9 Å². The van der Waals surface area contributed by atoms with Crippen LogP contribution in [0.15, 0.2) is 53.6 Å². The molecule has 2 aromatic carbocycles. The normalized spacial score (nSPS) is 10.5. The minimum Gasteiger partial charge on any atom is -0.497 e. The summed E-state index contributed by atoms with van der Waals surface area (Å²) in [6, 6.07) is 14.3. The molecule has 1 aromatic heterocycles. The Morgan fingerprint density at radius 2 is 1.79 bits per heavy atom. The molecule has 0 aliphatic carbocycles. The zero-order valence-corrected chi connectivity index (χ0v) is 16.4. The van der Waals surface area contributed by atoms with Crippen LogP contribution in [0.25, 0.3) is 10.9 Å². The molecule has 3 aromatic rings. The van der Waals surface area contributed by atoms with E-state index in [2.05, 4.69) is 20.8 Å². The number of para-hydroxylation sites is 1. The molecule has 0 aliphatic rings. The van der Waals surface area contributed by atoms with Crippen molar-refractivity contribution in [3.05, 3.63) is 59.9 Å². The number of fused-ring (bicyclic) bond motifs is 1. The number of benzene rings is 2. The van der Waals surface area contributed by atoms with Crippen LogP contribution in [-0.4, -0.2) is 34.6 Å². The van der Waals surface area contributed by atoms with Crippen LogP contribution >= 0.6 is 11.8 Å². The SMILES string of the molecule is CCc1nc(SCC(=O)NNC(=O)c2ccc(OC)cc2)c2ccccc2n1. The summed E-state index contributed by atoms with van der Waals surface area (Å²) in [7, 11) is 1.55. The van der Waals surface area contributed by atoms with Crippen LogP contribution in [0.2, 0.25) is 0 Å². The second-order valence-electron chi connectivity index (χ2n) is 5.84. The summed E-state index contributed by atoms with van der Waals surface area (Å²) in [5.41, 5.74) is 6.10. The lowest BCUT2D eigenvalue weighted by atomic mass is 10.2. The number of amides is 2. The maximum absolute atomic E-state index is 12.1. The Morgan fingerprint density at radius 3 is 2.50 bits per heavy atom. The largest absolute Gasteiger partial charge is 0.497 e. The average molecular weight is 396 g/mol. The number of ether oxygens (including phenoxy) is 1. The lowest BCUT2D eigenvalue weighted by Gasteiger charge is -2.09. The molecule has 0 aliphatic heterocycles. The number of thioether (sulfide) groups is 1. The fourth-order valence-corrected chi connectivity index (χ4v) is 3.31. The van der Waals surface area contributed by atoms with Gasteiger partial charge in [-0.15, -0.1) is 0 Å². The van der Waals surface area contributed by atoms with E-state index in [4.69, 9.17) is 4.74 Å². The molecule has 8 heteroatoms. The van der Waals surface area contributed by atoms with E-state index < -0.39 is 5.91 Å². The number of aromatic nitrogens is 2. The summed E-state index contributed by atoms with van der Waals surface area (Å²) < 4.78 is 5.05. The van der Waals surface area contributed by atoms with Crippen molar-refractivity contribution in [3.8, 4) is 5.75 Å². The number of methoxy groups -OCH3 is 1. The molecular weight excluding hydrogens is 376 g/mol. The second-order valence-corrected chi connectivity index (χ2v) is 6.80. The fourth-order valence-electron chi connectivity index (χ4n) is 2.47. The molecule has 0 saturated carbocycles. The van der Waals surface area contributed by atoms with E-state index in [-0.39, 0.29) is 11.7 Å². The standard InChI is InChI=1S/C20H20N4O3S/c1-3-17-21-16-7-5-4-6-15(16)20(22-17)28-12-18(25)23-24-19(26)13-8-10-14(27-2)11-9-13/h4-11H,3,12H2,1-2H3,(H,23,25)(H,24,26). The van der Waals surface area contributed by atoms with E-state index in [0.717, 1.165) is 21.8 Å². The van der Waals surface area contributed by atoms with Gasteiger partial charge in [-0.05, 0) is 30.3 Å². The Morgan fingerprint density at radius 1 is 1.04 bits per heavy atom. The van der Waals surface area contributed by atoms with Crippen LogP contribution < -0.4 is 15.6 Å². The van der Waals surface area contributed by atoms with Gasteiger partial charge in [-0.2, -0.15) is 0 Å². The van der Waals surface area contributed by atoms with Gasteiger partial charge in [-0.1, -0.05) is 36.9 Å². The average Bonchev–Trinajstić information content (AvgIpc) is 2.75. The number of carbonyl (C=O) groups is 2. The van der Waals surface area contributed by atoms with Gasteiger partial charge in [-0.25, -0.2) is 9.97 Å². The Balaban J connectivity index is 1.58. The van der Waals surface area contributed by atoms with Crippen LogP contribution in [0.1, 0.15) is 23.1 Å². The van der Waals surface area contributed by atoms with E-state index in [1.807, 2.05) is 31.2 Å². The number of nitrogens with zero attached hydrogens (tertiary/aromatic N) is 2. The third kappa shape index (κ3) is 4.77. The minimum absolute atomic E-state index is 0.118. The van der Waals surface area contributed by atoms with E-state index in [0.29, 0.717) is 17.7 Å². The van der Waals surface area contributed by atoms with Gasteiger partial charge in [0.15, 0.2) is 0 Å². The predicted octanol–water partition coefficient (Wildman–Crippen LogP) is 2.75. The zero-order valence-electron chi connectivity index (χ0n) is 15.6. The number of aryl methyl sites for hydroxylation is 1. The molecule has 0 unspecified atom stereocenters. The van der Waals surface area contributed by atoms with Crippen LogP contribution in [0.4, 0.5) is 0 Å². The molecule has 0 bridgehead atoms. The molecule has 3 rings (SSSR count). The lowest BCUT2D eigenvalue weighted by Crippen LogP contribution is -2.42. The smallest absolute Gasteiger partial charge is 0.269 e. The molecule has 0 saturated heterocycles. The van der Waals surface area contributed by atoms with Crippen LogP contribution in [0, 0.1) is 0 Å². The van der Waals surface area contributed by atoms with Gasteiger partial charge in [0, 0.05) is 17.4 Å². The van der Waals surface area contributed by atoms with Crippen LogP contribution in [0.3, 0.4) is 0 Å². The third-order valence-corrected chi connectivity index (χ3v) is 4.93. The zero-order chi connectivity index (χ0) is 19.9. The van der Waals surface area contributed by atoms with Gasteiger partial charge in [0.05, 0.1) is 18.4 Å². The summed E-state index contributed by atoms with van der Waals surface area (Å²) >= 11 is 1.31. The summed E-state index contributed by atoms with van der Waals surface area (Å²) in [4.78, 5) is 33.2. The molecule has 144 valence electrons. The van der Waals surface area contributed by atoms with Crippen molar-refractivity contribution in [3.63, 3.8) is 0 Å². The van der Waals surface area contributed by atoms with Crippen LogP contribution in [0.5, 0.6) is 5.75 Å². The highest BCUT2D eigenvalue weighted by Crippen LogP contribution is 2.25. The number of rotatable bonds is 6. The van der Waals surface area contributed by atoms with Crippen molar-refractivity contribution >= 4 is 34.5 Å². The van der Waals surface area contributed by atoms with Crippen molar-refractivity contribution in [1.82, 2.24) is 20.8 Å². The lowest BCUT2D eigenvalue weighted by molar-refractivity contribution is -0.119. The van der Waals surface area contributed by atoms with Crippen molar-refractivity contribution in [2.45, 2.75) is 18.4 Å². The predicted molar refractivity (Wildman–Crippen MR) is 108 cm³/mol. The molecule has 28 heavy (non-hydrogen) atoms. The number of nitrogens with one attached hydrogen (secondary N) is 2. The molecule has 0 spiro atoms. The Kier molecular flexibility index (Phi) is 6.44. The number of hydrazine groups is 1. The van der Waals surface area contributed by atoms with Crippen molar-refractivity contribution in [1.29, 1.82) is 0 Å². The van der Waals surface area contributed by atoms with Gasteiger partial charge in [-0.3, -0.25) is 20.4 Å².